The molecular weight excluding hydrogens is 460 g/mol. The molecule has 0 amide bonds. The molecule has 0 saturated heterocycles. The summed E-state index contributed by atoms with van der Waals surface area (Å²) in [4.78, 5) is 35.9. The van der Waals surface area contributed by atoms with Crippen LogP contribution in [0.25, 0.3) is 5.69 Å². The van der Waals surface area contributed by atoms with Gasteiger partial charge >= 0.3 is 17.6 Å². The van der Waals surface area contributed by atoms with E-state index < -0.39 is 51.0 Å². The van der Waals surface area contributed by atoms with E-state index in [9.17, 15) is 37.3 Å². The van der Waals surface area contributed by atoms with Gasteiger partial charge in [-0.3, -0.25) is 14.9 Å². The molecule has 0 bridgehead atoms. The Hall–Kier alpha value is -3.26. The number of hydrogen-bond acceptors (Lipinski definition) is 7. The summed E-state index contributed by atoms with van der Waals surface area (Å²) in [5, 5.41) is 10.4. The van der Waals surface area contributed by atoms with Crippen molar-refractivity contribution in [3.8, 4) is 16.5 Å². The SMILES string of the molecule is Cc1nsc(Oc2cc(-n3c(=O)cc(C(F)(F)F)[nH]c3=O)c(F)cc2Cl)c1[N+](=O)[O-]. The number of aryl methyl sites for hydroxylation is 1. The third kappa shape index (κ3) is 3.91. The largest absolute Gasteiger partial charge is 0.437 e. The van der Waals surface area contributed by atoms with Gasteiger partial charge in [-0.25, -0.2) is 13.8 Å². The van der Waals surface area contributed by atoms with Crippen molar-refractivity contribution in [2.24, 2.45) is 0 Å². The zero-order valence-electron chi connectivity index (χ0n) is 14.4. The molecule has 2 heterocycles. The van der Waals surface area contributed by atoms with Gasteiger partial charge in [0.25, 0.3) is 10.6 Å². The molecule has 3 rings (SSSR count). The molecule has 0 aliphatic rings. The first-order chi connectivity index (χ1) is 13.9. The summed E-state index contributed by atoms with van der Waals surface area (Å²) < 4.78 is 61.7. The van der Waals surface area contributed by atoms with Crippen LogP contribution < -0.4 is 16.0 Å². The fraction of sp³-hybridized carbons (Fsp3) is 0.133. The monoisotopic (exact) mass is 466 g/mol. The van der Waals surface area contributed by atoms with Gasteiger partial charge < -0.3 is 9.72 Å². The maximum absolute atomic E-state index is 14.4. The molecule has 3 aromatic rings. The lowest BCUT2D eigenvalue weighted by atomic mass is 10.2. The molecule has 0 saturated carbocycles. The second kappa shape index (κ2) is 7.53. The van der Waals surface area contributed by atoms with E-state index in [2.05, 4.69) is 4.37 Å². The highest BCUT2D eigenvalue weighted by Gasteiger charge is 2.33. The highest BCUT2D eigenvalue weighted by atomic mass is 35.5. The molecule has 0 radical (unpaired) electrons. The molecule has 0 aliphatic heterocycles. The standard InChI is InChI=1S/C15H7ClF4N4O5S/c1-5-12(24(27)28)13(30-22-5)29-9-3-8(7(17)2-6(9)16)23-11(25)4-10(15(18,19)20)21-14(23)26/h2-4H,1H3,(H,21,26). The summed E-state index contributed by atoms with van der Waals surface area (Å²) in [5.74, 6) is -1.62. The summed E-state index contributed by atoms with van der Waals surface area (Å²) in [6.07, 6.45) is -5.01. The van der Waals surface area contributed by atoms with E-state index in [0.717, 1.165) is 6.07 Å². The Labute approximate surface area is 171 Å². The number of hydrogen-bond donors (Lipinski definition) is 1. The summed E-state index contributed by atoms with van der Waals surface area (Å²) in [6, 6.07) is 1.46. The number of halogens is 5. The Morgan fingerprint density at radius 1 is 1.30 bits per heavy atom. The van der Waals surface area contributed by atoms with Crippen LogP contribution in [0.15, 0.2) is 27.8 Å². The predicted molar refractivity (Wildman–Crippen MR) is 96.2 cm³/mol. The Morgan fingerprint density at radius 2 is 1.97 bits per heavy atom. The number of benzene rings is 1. The number of alkyl halides is 3. The van der Waals surface area contributed by atoms with Crippen LogP contribution in [-0.2, 0) is 6.18 Å². The van der Waals surface area contributed by atoms with Crippen LogP contribution in [-0.4, -0.2) is 18.8 Å². The second-order valence-electron chi connectivity index (χ2n) is 5.66. The van der Waals surface area contributed by atoms with E-state index in [0.29, 0.717) is 17.6 Å². The van der Waals surface area contributed by atoms with Crippen molar-refractivity contribution < 1.29 is 27.2 Å². The molecule has 158 valence electrons. The van der Waals surface area contributed by atoms with Gasteiger partial charge in [-0.05, 0) is 13.0 Å². The lowest BCUT2D eigenvalue weighted by Crippen LogP contribution is -2.36. The van der Waals surface area contributed by atoms with Gasteiger partial charge in [0.05, 0.1) is 15.6 Å². The third-order valence-electron chi connectivity index (χ3n) is 3.67. The van der Waals surface area contributed by atoms with E-state index >= 15 is 0 Å². The fourth-order valence-electron chi connectivity index (χ4n) is 2.36. The Bertz CT molecular complexity index is 1250. The fourth-order valence-corrected chi connectivity index (χ4v) is 3.29. The molecule has 1 aromatic carbocycles. The summed E-state index contributed by atoms with van der Waals surface area (Å²) in [6.45, 7) is 1.35. The van der Waals surface area contributed by atoms with Gasteiger partial charge in [-0.1, -0.05) is 11.6 Å². The molecule has 15 heteroatoms. The van der Waals surface area contributed by atoms with E-state index in [1.54, 1.807) is 0 Å². The highest BCUT2D eigenvalue weighted by molar-refractivity contribution is 7.08. The Kier molecular flexibility index (Phi) is 5.38. The maximum Gasteiger partial charge on any atom is 0.431 e. The molecule has 0 atom stereocenters. The lowest BCUT2D eigenvalue weighted by molar-refractivity contribution is -0.386. The van der Waals surface area contributed by atoms with Crippen LogP contribution in [0.2, 0.25) is 5.02 Å². The van der Waals surface area contributed by atoms with Crippen molar-refractivity contribution >= 4 is 28.8 Å². The minimum atomic E-state index is -5.01. The van der Waals surface area contributed by atoms with Crippen LogP contribution in [0.1, 0.15) is 11.4 Å². The summed E-state index contributed by atoms with van der Waals surface area (Å²) in [7, 11) is 0. The zero-order valence-corrected chi connectivity index (χ0v) is 16.0. The van der Waals surface area contributed by atoms with Gasteiger partial charge in [-0.15, -0.1) is 0 Å². The molecular formula is C15H7ClF4N4O5S. The molecule has 9 nitrogen and oxygen atoms in total. The number of aromatic amines is 1. The number of ether oxygens (including phenoxy) is 1. The minimum Gasteiger partial charge on any atom is -0.437 e. The van der Waals surface area contributed by atoms with E-state index in [-0.39, 0.29) is 26.4 Å². The van der Waals surface area contributed by atoms with Gasteiger partial charge in [-0.2, -0.15) is 17.5 Å². The average Bonchev–Trinajstić information content (AvgIpc) is 2.97. The van der Waals surface area contributed by atoms with Crippen LogP contribution in [0.4, 0.5) is 23.2 Å². The third-order valence-corrected chi connectivity index (χ3v) is 4.77. The maximum atomic E-state index is 14.4. The average molecular weight is 467 g/mol. The quantitative estimate of drug-likeness (QED) is 0.355. The minimum absolute atomic E-state index is 0.0360. The molecule has 0 fully saturated rings. The van der Waals surface area contributed by atoms with Crippen molar-refractivity contribution in [1.29, 1.82) is 0 Å². The molecule has 0 aliphatic carbocycles. The van der Waals surface area contributed by atoms with Gasteiger partial charge in [0.2, 0.25) is 0 Å². The first-order valence-electron chi connectivity index (χ1n) is 7.61. The highest BCUT2D eigenvalue weighted by Crippen LogP contribution is 2.40. The lowest BCUT2D eigenvalue weighted by Gasteiger charge is -2.12. The van der Waals surface area contributed by atoms with E-state index in [4.69, 9.17) is 16.3 Å². The summed E-state index contributed by atoms with van der Waals surface area (Å²) >= 11 is 6.47. The van der Waals surface area contributed by atoms with Crippen molar-refractivity contribution in [2.45, 2.75) is 13.1 Å². The molecule has 30 heavy (non-hydrogen) atoms. The van der Waals surface area contributed by atoms with Crippen molar-refractivity contribution in [3.63, 3.8) is 0 Å². The van der Waals surface area contributed by atoms with Crippen molar-refractivity contribution in [3.05, 3.63) is 71.4 Å². The molecule has 2 aromatic heterocycles. The van der Waals surface area contributed by atoms with Crippen molar-refractivity contribution in [2.75, 3.05) is 0 Å². The normalized spacial score (nSPS) is 11.5. The number of H-pyrrole nitrogens is 1. The van der Waals surface area contributed by atoms with Crippen LogP contribution in [0.5, 0.6) is 10.8 Å². The molecule has 1 N–H and O–H groups in total. The number of nitrogens with zero attached hydrogens (tertiary/aromatic N) is 3. The van der Waals surface area contributed by atoms with E-state index in [1.807, 2.05) is 0 Å². The first kappa shape index (κ1) is 21.4. The smallest absolute Gasteiger partial charge is 0.431 e. The van der Waals surface area contributed by atoms with Crippen molar-refractivity contribution in [1.82, 2.24) is 13.9 Å². The van der Waals surface area contributed by atoms with Crippen LogP contribution >= 0.6 is 23.1 Å². The number of nitro groups is 1. The Morgan fingerprint density at radius 3 is 2.53 bits per heavy atom. The van der Waals surface area contributed by atoms with Crippen LogP contribution in [0.3, 0.4) is 0 Å². The van der Waals surface area contributed by atoms with Gasteiger partial charge in [0.1, 0.15) is 23.0 Å². The van der Waals surface area contributed by atoms with Gasteiger partial charge in [0, 0.05) is 23.7 Å². The zero-order chi connectivity index (χ0) is 22.4. The number of rotatable bonds is 4. The number of aromatic nitrogens is 3. The first-order valence-corrected chi connectivity index (χ1v) is 8.76. The van der Waals surface area contributed by atoms with Gasteiger partial charge in [0.15, 0.2) is 0 Å². The predicted octanol–water partition coefficient (Wildman–Crippen LogP) is 3.80. The van der Waals surface area contributed by atoms with E-state index in [1.165, 1.54) is 11.9 Å². The molecule has 0 unspecified atom stereocenters. The number of nitrogens with one attached hydrogen (secondary N) is 1. The summed E-state index contributed by atoms with van der Waals surface area (Å²) in [5.41, 5.74) is -5.88. The Balaban J connectivity index is 2.15. The topological polar surface area (TPSA) is 120 Å². The van der Waals surface area contributed by atoms with Crippen LogP contribution in [0, 0.1) is 22.9 Å². The molecule has 0 spiro atoms. The second-order valence-corrected chi connectivity index (χ2v) is 6.80.